The van der Waals surface area contributed by atoms with Gasteiger partial charge in [0.25, 0.3) is 0 Å². The van der Waals surface area contributed by atoms with Crippen molar-refractivity contribution in [2.75, 3.05) is 20.6 Å². The van der Waals surface area contributed by atoms with E-state index in [1.807, 2.05) is 36.2 Å². The number of hydrogen-bond donors (Lipinski definition) is 2. The van der Waals surface area contributed by atoms with Gasteiger partial charge in [-0.3, -0.25) is 14.5 Å². The molecule has 6 nitrogen and oxygen atoms in total. The number of H-pyrrole nitrogens is 1. The highest BCUT2D eigenvalue weighted by atomic mass is 32.1. The van der Waals surface area contributed by atoms with Crippen LogP contribution in [-0.4, -0.2) is 46.2 Å². The Morgan fingerprint density at radius 2 is 2.07 bits per heavy atom. The number of benzene rings is 1. The minimum atomic E-state index is 0.00209. The van der Waals surface area contributed by atoms with E-state index in [9.17, 15) is 4.79 Å². The van der Waals surface area contributed by atoms with Crippen LogP contribution in [0.4, 0.5) is 0 Å². The molecule has 0 aliphatic carbocycles. The van der Waals surface area contributed by atoms with Crippen molar-refractivity contribution in [1.82, 2.24) is 25.0 Å². The van der Waals surface area contributed by atoms with Crippen LogP contribution in [0.25, 0.3) is 10.7 Å². The maximum absolute atomic E-state index is 12.5. The molecule has 3 rings (SSSR count). The summed E-state index contributed by atoms with van der Waals surface area (Å²) in [7, 11) is 4.06. The molecule has 1 unspecified atom stereocenters. The fourth-order valence-electron chi connectivity index (χ4n) is 3.21. The van der Waals surface area contributed by atoms with Crippen LogP contribution in [0, 0.1) is 4.77 Å². The van der Waals surface area contributed by atoms with E-state index in [-0.39, 0.29) is 11.9 Å². The summed E-state index contributed by atoms with van der Waals surface area (Å²) in [5.41, 5.74) is 2.51. The Kier molecular flexibility index (Phi) is 7.35. The first kappa shape index (κ1) is 21.4. The van der Waals surface area contributed by atoms with Gasteiger partial charge in [0.15, 0.2) is 10.6 Å². The second-order valence-electron chi connectivity index (χ2n) is 7.11. The number of carbonyl (C=O) groups excluding carboxylic acids is 1. The van der Waals surface area contributed by atoms with Crippen molar-refractivity contribution >= 4 is 29.5 Å². The first-order valence-electron chi connectivity index (χ1n) is 9.70. The SMILES string of the molecule is CCc1ccc(C(CNC(=O)CCn2c(-c3cccs3)n[nH]c2=S)N(C)C)cc1. The molecule has 0 aliphatic rings. The van der Waals surface area contributed by atoms with E-state index in [1.54, 1.807) is 11.3 Å². The van der Waals surface area contributed by atoms with Gasteiger partial charge < -0.3 is 10.2 Å². The number of hydrogen-bond acceptors (Lipinski definition) is 5. The van der Waals surface area contributed by atoms with E-state index in [4.69, 9.17) is 12.2 Å². The lowest BCUT2D eigenvalue weighted by atomic mass is 10.0. The maximum Gasteiger partial charge on any atom is 0.221 e. The van der Waals surface area contributed by atoms with E-state index in [1.165, 1.54) is 11.1 Å². The average Bonchev–Trinajstić information content (AvgIpc) is 3.36. The Morgan fingerprint density at radius 3 is 2.69 bits per heavy atom. The predicted octanol–water partition coefficient (Wildman–Crippen LogP) is 4.04. The van der Waals surface area contributed by atoms with Crippen LogP contribution in [0.15, 0.2) is 41.8 Å². The number of aromatic amines is 1. The molecule has 154 valence electrons. The summed E-state index contributed by atoms with van der Waals surface area (Å²) in [5, 5.41) is 12.2. The molecule has 0 bridgehead atoms. The lowest BCUT2D eigenvalue weighted by Gasteiger charge is -2.25. The molecular formula is C21H27N5OS2. The Morgan fingerprint density at radius 1 is 1.31 bits per heavy atom. The van der Waals surface area contributed by atoms with Gasteiger partial charge in [0.2, 0.25) is 5.91 Å². The number of nitrogens with zero attached hydrogens (tertiary/aromatic N) is 3. The zero-order valence-electron chi connectivity index (χ0n) is 17.0. The Balaban J connectivity index is 1.59. The van der Waals surface area contributed by atoms with Gasteiger partial charge in [0.1, 0.15) is 0 Å². The maximum atomic E-state index is 12.5. The molecule has 2 N–H and O–H groups in total. The average molecular weight is 430 g/mol. The van der Waals surface area contributed by atoms with E-state index >= 15 is 0 Å². The summed E-state index contributed by atoms with van der Waals surface area (Å²) in [6, 6.07) is 12.7. The summed E-state index contributed by atoms with van der Waals surface area (Å²) < 4.78 is 2.41. The van der Waals surface area contributed by atoms with Crippen molar-refractivity contribution in [3.63, 3.8) is 0 Å². The third-order valence-electron chi connectivity index (χ3n) is 4.95. The lowest BCUT2D eigenvalue weighted by Crippen LogP contribution is -2.34. The monoisotopic (exact) mass is 429 g/mol. The summed E-state index contributed by atoms with van der Waals surface area (Å²) >= 11 is 6.93. The Labute approximate surface area is 180 Å². The predicted molar refractivity (Wildman–Crippen MR) is 121 cm³/mol. The summed E-state index contributed by atoms with van der Waals surface area (Å²) in [5.74, 6) is 0.780. The Hall–Kier alpha value is -2.29. The largest absolute Gasteiger partial charge is 0.354 e. The van der Waals surface area contributed by atoms with Crippen molar-refractivity contribution < 1.29 is 4.79 Å². The molecule has 2 aromatic heterocycles. The molecule has 0 aliphatic heterocycles. The van der Waals surface area contributed by atoms with Crippen molar-refractivity contribution in [2.45, 2.75) is 32.4 Å². The molecule has 29 heavy (non-hydrogen) atoms. The van der Waals surface area contributed by atoms with E-state index in [0.717, 1.165) is 17.1 Å². The van der Waals surface area contributed by atoms with Gasteiger partial charge in [-0.15, -0.1) is 11.3 Å². The van der Waals surface area contributed by atoms with Crippen molar-refractivity contribution in [1.29, 1.82) is 0 Å². The number of aryl methyl sites for hydroxylation is 1. The molecule has 1 aromatic carbocycles. The van der Waals surface area contributed by atoms with Crippen LogP contribution < -0.4 is 5.32 Å². The number of thiophene rings is 1. The zero-order valence-corrected chi connectivity index (χ0v) is 18.6. The summed E-state index contributed by atoms with van der Waals surface area (Å²) in [6.07, 6.45) is 1.37. The third-order valence-corrected chi connectivity index (χ3v) is 6.13. The van der Waals surface area contributed by atoms with E-state index in [0.29, 0.717) is 24.3 Å². The number of aromatic nitrogens is 3. The van der Waals surface area contributed by atoms with Gasteiger partial charge in [0.05, 0.1) is 10.9 Å². The van der Waals surface area contributed by atoms with Crippen LogP contribution >= 0.6 is 23.6 Å². The minimum Gasteiger partial charge on any atom is -0.354 e. The number of amides is 1. The molecule has 1 amide bonds. The smallest absolute Gasteiger partial charge is 0.221 e. The van der Waals surface area contributed by atoms with Crippen molar-refractivity contribution in [2.24, 2.45) is 0 Å². The van der Waals surface area contributed by atoms with Gasteiger partial charge in [0, 0.05) is 19.5 Å². The first-order valence-corrected chi connectivity index (χ1v) is 11.0. The van der Waals surface area contributed by atoms with Crippen LogP contribution in [0.3, 0.4) is 0 Å². The van der Waals surface area contributed by atoms with E-state index in [2.05, 4.69) is 51.6 Å². The number of carbonyl (C=O) groups is 1. The standard InChI is InChI=1S/C21H27N5OS2/c1-4-15-7-9-16(10-8-15)17(25(2)3)14-22-19(27)11-12-26-20(23-24-21(26)28)18-6-5-13-29-18/h5-10,13,17H,4,11-12,14H2,1-3H3,(H,22,27)(H,24,28). The molecule has 3 aromatic rings. The molecule has 0 spiro atoms. The number of rotatable bonds is 9. The quantitative estimate of drug-likeness (QED) is 0.504. The van der Waals surface area contributed by atoms with Crippen LogP contribution in [0.5, 0.6) is 0 Å². The molecule has 0 fully saturated rings. The van der Waals surface area contributed by atoms with Crippen LogP contribution in [-0.2, 0) is 17.8 Å². The van der Waals surface area contributed by atoms with Crippen LogP contribution in [0.2, 0.25) is 0 Å². The van der Waals surface area contributed by atoms with Crippen LogP contribution in [0.1, 0.15) is 30.5 Å². The molecular weight excluding hydrogens is 402 g/mol. The second-order valence-corrected chi connectivity index (χ2v) is 8.44. The van der Waals surface area contributed by atoms with Gasteiger partial charge in [-0.25, -0.2) is 0 Å². The third kappa shape index (κ3) is 5.41. The minimum absolute atomic E-state index is 0.00209. The lowest BCUT2D eigenvalue weighted by molar-refractivity contribution is -0.121. The van der Waals surface area contributed by atoms with Gasteiger partial charge in [-0.1, -0.05) is 37.3 Å². The number of likely N-dealkylation sites (N-methyl/N-ethyl adjacent to an activating group) is 1. The van der Waals surface area contributed by atoms with Gasteiger partial charge >= 0.3 is 0 Å². The highest BCUT2D eigenvalue weighted by molar-refractivity contribution is 7.71. The van der Waals surface area contributed by atoms with Gasteiger partial charge in [-0.05, 0) is 55.3 Å². The fraction of sp³-hybridized carbons (Fsp3) is 0.381. The normalized spacial score (nSPS) is 12.3. The highest BCUT2D eigenvalue weighted by Crippen LogP contribution is 2.23. The van der Waals surface area contributed by atoms with Crippen molar-refractivity contribution in [3.05, 3.63) is 57.7 Å². The molecule has 0 radical (unpaired) electrons. The van der Waals surface area contributed by atoms with Gasteiger partial charge in [-0.2, -0.15) is 5.10 Å². The number of nitrogens with one attached hydrogen (secondary N) is 2. The summed E-state index contributed by atoms with van der Waals surface area (Å²) in [4.78, 5) is 15.7. The molecule has 0 saturated carbocycles. The highest BCUT2D eigenvalue weighted by Gasteiger charge is 2.16. The second kappa shape index (κ2) is 9.96. The van der Waals surface area contributed by atoms with E-state index < -0.39 is 0 Å². The Bertz CT molecular complexity index is 973. The summed E-state index contributed by atoms with van der Waals surface area (Å²) in [6.45, 7) is 3.20. The topological polar surface area (TPSA) is 66.0 Å². The molecule has 2 heterocycles. The fourth-order valence-corrected chi connectivity index (χ4v) is 4.15. The first-order chi connectivity index (χ1) is 14.0. The zero-order chi connectivity index (χ0) is 20.8. The molecule has 0 saturated heterocycles. The van der Waals surface area contributed by atoms with Crippen molar-refractivity contribution in [3.8, 4) is 10.7 Å². The molecule has 1 atom stereocenters. The molecule has 8 heteroatoms.